The van der Waals surface area contributed by atoms with E-state index < -0.39 is 12.0 Å². The number of halogens is 3. The van der Waals surface area contributed by atoms with Crippen LogP contribution in [-0.2, 0) is 14.3 Å². The van der Waals surface area contributed by atoms with E-state index in [1.165, 1.54) is 32.6 Å². The van der Waals surface area contributed by atoms with Crippen molar-refractivity contribution in [2.75, 3.05) is 0 Å². The number of alkyl halides is 3. The van der Waals surface area contributed by atoms with Crippen LogP contribution in [0.15, 0.2) is 0 Å². The predicted octanol–water partition coefficient (Wildman–Crippen LogP) is 7.90. The Morgan fingerprint density at radius 3 is 2.17 bits per heavy atom. The molecule has 5 fully saturated rings. The maximum absolute atomic E-state index is 12.8. The first-order chi connectivity index (χ1) is 16.6. The largest absolute Gasteiger partial charge is 0.462 e. The standard InChI is InChI=1S/C30H45F3O3/c1-18(7-10-23(35)30(31,32)33)20-11-13-27(6)22-9-8-21-25(3,4)24(36-19(2)34)12-14-28(21)17-29(22,28)16-15-26(20,27)5/h18,20-22,24H,7-17H2,1-6H3/t18-,20-,21+,22+,24+,26-,27+,28?,29+/m1/s1. The molecule has 204 valence electrons. The van der Waals surface area contributed by atoms with Crippen LogP contribution < -0.4 is 0 Å². The predicted molar refractivity (Wildman–Crippen MR) is 132 cm³/mol. The average Bonchev–Trinajstić information content (AvgIpc) is 3.35. The number of hydrogen-bond donors (Lipinski definition) is 0. The molecule has 1 unspecified atom stereocenters. The third-order valence-electron chi connectivity index (χ3n) is 13.3. The summed E-state index contributed by atoms with van der Waals surface area (Å²) in [7, 11) is 0. The summed E-state index contributed by atoms with van der Waals surface area (Å²) >= 11 is 0. The van der Waals surface area contributed by atoms with E-state index in [0.29, 0.717) is 35.0 Å². The zero-order valence-corrected chi connectivity index (χ0v) is 23.0. The van der Waals surface area contributed by atoms with Crippen LogP contribution in [0.4, 0.5) is 13.2 Å². The summed E-state index contributed by atoms with van der Waals surface area (Å²) < 4.78 is 44.3. The van der Waals surface area contributed by atoms with Gasteiger partial charge in [-0.05, 0) is 110 Å². The number of carbonyl (C=O) groups excluding carboxylic acids is 2. The fourth-order valence-electron chi connectivity index (χ4n) is 11.4. The molecule has 3 nitrogen and oxygen atoms in total. The van der Waals surface area contributed by atoms with Crippen LogP contribution in [0.1, 0.15) is 112 Å². The molecule has 0 aromatic heterocycles. The lowest BCUT2D eigenvalue weighted by Gasteiger charge is -2.63. The van der Waals surface area contributed by atoms with E-state index in [9.17, 15) is 22.8 Å². The molecular weight excluding hydrogens is 465 g/mol. The number of Topliss-reactive ketones (excluding diaryl/α,β-unsaturated/α-hetero) is 1. The zero-order valence-electron chi connectivity index (χ0n) is 23.0. The van der Waals surface area contributed by atoms with Crippen molar-refractivity contribution in [2.45, 2.75) is 124 Å². The van der Waals surface area contributed by atoms with Crippen molar-refractivity contribution in [1.29, 1.82) is 0 Å². The summed E-state index contributed by atoms with van der Waals surface area (Å²) in [6, 6.07) is 0. The summed E-state index contributed by atoms with van der Waals surface area (Å²) in [5, 5.41) is 0. The van der Waals surface area contributed by atoms with Gasteiger partial charge in [0.25, 0.3) is 0 Å². The van der Waals surface area contributed by atoms with E-state index >= 15 is 0 Å². The Morgan fingerprint density at radius 2 is 1.53 bits per heavy atom. The number of ketones is 1. The Hall–Kier alpha value is -1.07. The normalized spacial score (nSPS) is 47.6. The minimum Gasteiger partial charge on any atom is -0.462 e. The highest BCUT2D eigenvalue weighted by molar-refractivity contribution is 5.83. The number of rotatable bonds is 5. The van der Waals surface area contributed by atoms with E-state index in [2.05, 4.69) is 34.6 Å². The van der Waals surface area contributed by atoms with Gasteiger partial charge in [-0.3, -0.25) is 9.59 Å². The minimum absolute atomic E-state index is 0.000359. The lowest BCUT2D eigenvalue weighted by Crippen LogP contribution is -2.58. The SMILES string of the molecule is CC(=O)O[C@H]1CCC23C[C@]24CC[C@]2(C)[C@@H]([C@H](C)CCC(=O)C(F)(F)F)CC[C@@]2(C)[C@@H]4CC[C@H]3C1(C)C. The van der Waals surface area contributed by atoms with Crippen molar-refractivity contribution in [1.82, 2.24) is 0 Å². The third-order valence-corrected chi connectivity index (χ3v) is 13.3. The van der Waals surface area contributed by atoms with Gasteiger partial charge in [0.1, 0.15) is 6.10 Å². The molecule has 9 atom stereocenters. The second-order valence-corrected chi connectivity index (χ2v) is 14.5. The molecule has 0 radical (unpaired) electrons. The second-order valence-electron chi connectivity index (χ2n) is 14.5. The van der Waals surface area contributed by atoms with Crippen LogP contribution in [0.2, 0.25) is 0 Å². The molecule has 0 bridgehead atoms. The zero-order chi connectivity index (χ0) is 26.5. The maximum atomic E-state index is 12.8. The Balaban J connectivity index is 1.36. The fourth-order valence-corrected chi connectivity index (χ4v) is 11.4. The smallest absolute Gasteiger partial charge is 0.449 e. The molecule has 6 heteroatoms. The van der Waals surface area contributed by atoms with Crippen LogP contribution >= 0.6 is 0 Å². The highest BCUT2D eigenvalue weighted by Gasteiger charge is 2.82. The molecule has 5 saturated carbocycles. The first kappa shape index (κ1) is 26.5. The second kappa shape index (κ2) is 7.97. The summed E-state index contributed by atoms with van der Waals surface area (Å²) in [5.41, 5.74) is 1.04. The molecule has 2 spiro atoms. The summed E-state index contributed by atoms with van der Waals surface area (Å²) in [4.78, 5) is 23.4. The Kier molecular flexibility index (Phi) is 5.88. The molecule has 0 amide bonds. The monoisotopic (exact) mass is 510 g/mol. The fraction of sp³-hybridized carbons (Fsp3) is 0.933. The van der Waals surface area contributed by atoms with E-state index in [4.69, 9.17) is 4.74 Å². The molecule has 0 aromatic rings. The lowest BCUT2D eigenvalue weighted by atomic mass is 9.41. The van der Waals surface area contributed by atoms with Gasteiger partial charge in [-0.15, -0.1) is 0 Å². The average molecular weight is 511 g/mol. The maximum Gasteiger partial charge on any atom is 0.449 e. The van der Waals surface area contributed by atoms with Gasteiger partial charge in [0.15, 0.2) is 0 Å². The van der Waals surface area contributed by atoms with Crippen molar-refractivity contribution < 1.29 is 27.5 Å². The van der Waals surface area contributed by atoms with E-state index in [1.807, 2.05) is 0 Å². The molecule has 5 aliphatic rings. The highest BCUT2D eigenvalue weighted by Crippen LogP contribution is 2.89. The number of carbonyl (C=O) groups is 2. The van der Waals surface area contributed by atoms with Crippen molar-refractivity contribution in [3.8, 4) is 0 Å². The van der Waals surface area contributed by atoms with Crippen molar-refractivity contribution in [3.05, 3.63) is 0 Å². The number of ether oxygens (including phenoxy) is 1. The van der Waals surface area contributed by atoms with Gasteiger partial charge < -0.3 is 4.74 Å². The number of esters is 1. The van der Waals surface area contributed by atoms with Gasteiger partial charge in [0, 0.05) is 18.8 Å². The van der Waals surface area contributed by atoms with E-state index in [-0.39, 0.29) is 40.7 Å². The molecule has 5 rings (SSSR count). The van der Waals surface area contributed by atoms with E-state index in [0.717, 1.165) is 32.1 Å². The Labute approximate surface area is 214 Å². The van der Waals surface area contributed by atoms with Crippen molar-refractivity contribution in [2.24, 2.45) is 50.7 Å². The van der Waals surface area contributed by atoms with Gasteiger partial charge in [0.05, 0.1) is 0 Å². The quantitative estimate of drug-likeness (QED) is 0.353. The van der Waals surface area contributed by atoms with Crippen LogP contribution in [0.5, 0.6) is 0 Å². The number of fused-ring (bicyclic) bond motifs is 2. The summed E-state index contributed by atoms with van der Waals surface area (Å²) in [6.07, 6.45) is 5.63. The molecule has 0 heterocycles. The van der Waals surface area contributed by atoms with Crippen LogP contribution in [-0.4, -0.2) is 24.0 Å². The minimum atomic E-state index is -4.72. The van der Waals surface area contributed by atoms with Gasteiger partial charge in [-0.2, -0.15) is 13.2 Å². The third kappa shape index (κ3) is 3.36. The summed E-state index contributed by atoms with van der Waals surface area (Å²) in [5.74, 6) is -0.00332. The molecule has 5 aliphatic carbocycles. The molecular formula is C30H45F3O3. The lowest BCUT2D eigenvalue weighted by molar-refractivity contribution is -0.181. The first-order valence-corrected chi connectivity index (χ1v) is 14.3. The van der Waals surface area contributed by atoms with E-state index in [1.54, 1.807) is 0 Å². The highest BCUT2D eigenvalue weighted by atomic mass is 19.4. The van der Waals surface area contributed by atoms with Gasteiger partial charge in [-0.1, -0.05) is 34.6 Å². The molecule has 36 heavy (non-hydrogen) atoms. The molecule has 0 aromatic carbocycles. The molecule has 0 aliphatic heterocycles. The van der Waals surface area contributed by atoms with Gasteiger partial charge in [-0.25, -0.2) is 0 Å². The van der Waals surface area contributed by atoms with Crippen molar-refractivity contribution >= 4 is 11.8 Å². The first-order valence-electron chi connectivity index (χ1n) is 14.3. The summed E-state index contributed by atoms with van der Waals surface area (Å²) in [6.45, 7) is 13.2. The van der Waals surface area contributed by atoms with Crippen molar-refractivity contribution in [3.63, 3.8) is 0 Å². The Morgan fingerprint density at radius 1 is 0.889 bits per heavy atom. The Bertz CT molecular complexity index is 942. The topological polar surface area (TPSA) is 43.4 Å². The van der Waals surface area contributed by atoms with Crippen LogP contribution in [0.3, 0.4) is 0 Å². The molecule has 0 saturated heterocycles. The van der Waals surface area contributed by atoms with Gasteiger partial charge in [0.2, 0.25) is 5.78 Å². The van der Waals surface area contributed by atoms with Gasteiger partial charge >= 0.3 is 12.1 Å². The van der Waals surface area contributed by atoms with Crippen LogP contribution in [0.25, 0.3) is 0 Å². The molecule has 0 N–H and O–H groups in total. The van der Waals surface area contributed by atoms with Crippen LogP contribution in [0, 0.1) is 50.7 Å². The number of hydrogen-bond acceptors (Lipinski definition) is 3.